The average molecular weight is 345 g/mol. The third-order valence-electron chi connectivity index (χ3n) is 3.48. The Morgan fingerprint density at radius 2 is 2.14 bits per heavy atom. The molecule has 1 saturated heterocycles. The van der Waals surface area contributed by atoms with E-state index in [9.17, 15) is 8.42 Å². The lowest BCUT2D eigenvalue weighted by Crippen LogP contribution is -2.41. The highest BCUT2D eigenvalue weighted by atomic mass is 35.5. The molecular weight excluding hydrogens is 324 g/mol. The minimum Gasteiger partial charge on any atom is -0.355 e. The van der Waals surface area contributed by atoms with Gasteiger partial charge in [-0.1, -0.05) is 29.8 Å². The maximum absolute atomic E-state index is 11.7. The Morgan fingerprint density at radius 1 is 1.36 bits per heavy atom. The van der Waals surface area contributed by atoms with Gasteiger partial charge in [-0.2, -0.15) is 0 Å². The zero-order valence-electron chi connectivity index (χ0n) is 12.5. The van der Waals surface area contributed by atoms with Gasteiger partial charge in [0.1, 0.15) is 0 Å². The number of guanidine groups is 1. The van der Waals surface area contributed by atoms with Crippen LogP contribution >= 0.6 is 11.6 Å². The van der Waals surface area contributed by atoms with Crippen molar-refractivity contribution in [1.29, 1.82) is 0 Å². The molecule has 1 aliphatic rings. The normalized spacial score (nSPS) is 18.4. The molecule has 1 fully saturated rings. The molecule has 1 heterocycles. The van der Waals surface area contributed by atoms with Gasteiger partial charge in [-0.25, -0.2) is 12.7 Å². The van der Waals surface area contributed by atoms with Crippen LogP contribution in [-0.2, 0) is 16.6 Å². The first-order valence-electron chi connectivity index (χ1n) is 7.18. The molecule has 8 heteroatoms. The number of benzene rings is 1. The van der Waals surface area contributed by atoms with Crippen LogP contribution in [0.2, 0.25) is 5.02 Å². The zero-order chi connectivity index (χ0) is 16.0. The molecule has 0 bridgehead atoms. The van der Waals surface area contributed by atoms with Crippen molar-refractivity contribution >= 4 is 27.6 Å². The zero-order valence-corrected chi connectivity index (χ0v) is 14.1. The van der Waals surface area contributed by atoms with Gasteiger partial charge in [-0.3, -0.25) is 4.99 Å². The predicted octanol–water partition coefficient (Wildman–Crippen LogP) is 1.04. The van der Waals surface area contributed by atoms with Crippen molar-refractivity contribution in [2.24, 2.45) is 4.99 Å². The van der Waals surface area contributed by atoms with E-state index in [1.807, 2.05) is 24.3 Å². The minimum atomic E-state index is -3.04. The molecule has 0 radical (unpaired) electrons. The number of halogens is 1. The number of rotatable bonds is 5. The van der Waals surface area contributed by atoms with Gasteiger partial charge in [0.25, 0.3) is 0 Å². The summed E-state index contributed by atoms with van der Waals surface area (Å²) in [6.07, 6.45) is 0.710. The Labute approximate surface area is 136 Å². The molecule has 1 aromatic rings. The number of nitrogens with one attached hydrogen (secondary N) is 2. The summed E-state index contributed by atoms with van der Waals surface area (Å²) < 4.78 is 24.9. The summed E-state index contributed by atoms with van der Waals surface area (Å²) in [7, 11) is -1.36. The summed E-state index contributed by atoms with van der Waals surface area (Å²) in [5.41, 5.74) is 0.981. The Hall–Kier alpha value is -1.31. The van der Waals surface area contributed by atoms with Gasteiger partial charge >= 0.3 is 0 Å². The van der Waals surface area contributed by atoms with Gasteiger partial charge in [0.05, 0.1) is 5.75 Å². The molecule has 0 aromatic heterocycles. The van der Waals surface area contributed by atoms with Crippen molar-refractivity contribution in [2.45, 2.75) is 13.0 Å². The Balaban J connectivity index is 1.77. The molecule has 2 N–H and O–H groups in total. The molecule has 2 rings (SSSR count). The first kappa shape index (κ1) is 17.1. The van der Waals surface area contributed by atoms with Crippen LogP contribution in [-0.4, -0.2) is 51.1 Å². The van der Waals surface area contributed by atoms with Gasteiger partial charge in [0.15, 0.2) is 5.96 Å². The van der Waals surface area contributed by atoms with E-state index in [-0.39, 0.29) is 5.75 Å². The van der Waals surface area contributed by atoms with Crippen molar-refractivity contribution in [3.05, 3.63) is 34.9 Å². The Morgan fingerprint density at radius 3 is 2.77 bits per heavy atom. The fourth-order valence-electron chi connectivity index (χ4n) is 2.28. The maximum atomic E-state index is 11.7. The molecule has 22 heavy (non-hydrogen) atoms. The Kier molecular flexibility index (Phi) is 6.05. The van der Waals surface area contributed by atoms with Gasteiger partial charge < -0.3 is 10.6 Å². The van der Waals surface area contributed by atoms with E-state index < -0.39 is 10.0 Å². The van der Waals surface area contributed by atoms with Gasteiger partial charge in [-0.05, 0) is 18.1 Å². The van der Waals surface area contributed by atoms with E-state index in [0.29, 0.717) is 43.6 Å². The molecule has 1 aromatic carbocycles. The second-order valence-corrected chi connectivity index (χ2v) is 7.51. The topological polar surface area (TPSA) is 73.8 Å². The van der Waals surface area contributed by atoms with E-state index in [1.54, 1.807) is 7.05 Å². The van der Waals surface area contributed by atoms with Crippen molar-refractivity contribution in [3.8, 4) is 0 Å². The molecule has 0 atom stereocenters. The maximum Gasteiger partial charge on any atom is 0.214 e. The number of sulfonamides is 1. The fourth-order valence-corrected chi connectivity index (χ4v) is 4.01. The van der Waals surface area contributed by atoms with E-state index in [1.165, 1.54) is 4.31 Å². The average Bonchev–Trinajstić information content (AvgIpc) is 2.83. The van der Waals surface area contributed by atoms with Crippen LogP contribution in [0, 0.1) is 0 Å². The highest BCUT2D eigenvalue weighted by molar-refractivity contribution is 7.89. The largest absolute Gasteiger partial charge is 0.355 e. The van der Waals surface area contributed by atoms with E-state index >= 15 is 0 Å². The van der Waals surface area contributed by atoms with E-state index in [2.05, 4.69) is 15.6 Å². The molecule has 122 valence electrons. The van der Waals surface area contributed by atoms with Crippen molar-refractivity contribution in [2.75, 3.05) is 32.4 Å². The number of hydrogen-bond acceptors (Lipinski definition) is 3. The summed E-state index contributed by atoms with van der Waals surface area (Å²) in [5.74, 6) is 0.878. The highest BCUT2D eigenvalue weighted by Crippen LogP contribution is 2.14. The smallest absolute Gasteiger partial charge is 0.214 e. The van der Waals surface area contributed by atoms with Gasteiger partial charge in [-0.15, -0.1) is 0 Å². The Bertz CT molecular complexity index is 633. The quantitative estimate of drug-likeness (QED) is 0.618. The van der Waals surface area contributed by atoms with Crippen LogP contribution in [0.15, 0.2) is 29.3 Å². The first-order chi connectivity index (χ1) is 10.5. The number of hydrogen-bond donors (Lipinski definition) is 2. The van der Waals surface area contributed by atoms with E-state index in [4.69, 9.17) is 11.6 Å². The fraction of sp³-hybridized carbons (Fsp3) is 0.500. The van der Waals surface area contributed by atoms with E-state index in [0.717, 1.165) is 5.56 Å². The van der Waals surface area contributed by atoms with Crippen LogP contribution in [0.3, 0.4) is 0 Å². The van der Waals surface area contributed by atoms with Crippen molar-refractivity contribution < 1.29 is 8.42 Å². The molecule has 0 spiro atoms. The third kappa shape index (κ3) is 4.59. The summed E-state index contributed by atoms with van der Waals surface area (Å²) in [6, 6.07) is 7.60. The molecule has 1 aliphatic heterocycles. The van der Waals surface area contributed by atoms with Crippen LogP contribution in [0.1, 0.15) is 12.0 Å². The monoisotopic (exact) mass is 344 g/mol. The molecule has 0 amide bonds. The molecular formula is C14H21ClN4O2S. The third-order valence-corrected chi connectivity index (χ3v) is 5.81. The lowest BCUT2D eigenvalue weighted by molar-refractivity contribution is 0.445. The van der Waals surface area contributed by atoms with Gasteiger partial charge in [0, 0.05) is 38.2 Å². The highest BCUT2D eigenvalue weighted by Gasteiger charge is 2.27. The summed E-state index contributed by atoms with van der Waals surface area (Å²) in [4.78, 5) is 4.12. The number of nitrogens with zero attached hydrogens (tertiary/aromatic N) is 2. The summed E-state index contributed by atoms with van der Waals surface area (Å²) >= 11 is 6.10. The summed E-state index contributed by atoms with van der Waals surface area (Å²) in [6.45, 7) is 2.13. The standard InChI is InChI=1S/C14H21ClN4O2S/c1-16-14(18-11-12-5-2-3-6-13(12)15)17-7-9-19-8-4-10-22(19,20)21/h2-3,5-6H,4,7-11H2,1H3,(H2,16,17,18). The second-order valence-electron chi connectivity index (χ2n) is 5.01. The summed E-state index contributed by atoms with van der Waals surface area (Å²) in [5, 5.41) is 6.98. The van der Waals surface area contributed by atoms with Crippen molar-refractivity contribution in [3.63, 3.8) is 0 Å². The lowest BCUT2D eigenvalue weighted by atomic mass is 10.2. The van der Waals surface area contributed by atoms with Crippen LogP contribution in [0.4, 0.5) is 0 Å². The van der Waals surface area contributed by atoms with Gasteiger partial charge in [0.2, 0.25) is 10.0 Å². The SMILES string of the molecule is CN=C(NCCN1CCCS1(=O)=O)NCc1ccccc1Cl. The number of aliphatic imine (C=N–C) groups is 1. The van der Waals surface area contributed by atoms with Crippen molar-refractivity contribution in [1.82, 2.24) is 14.9 Å². The predicted molar refractivity (Wildman–Crippen MR) is 89.6 cm³/mol. The minimum absolute atomic E-state index is 0.256. The first-order valence-corrected chi connectivity index (χ1v) is 9.17. The van der Waals surface area contributed by atoms with Crippen LogP contribution in [0.5, 0.6) is 0 Å². The molecule has 6 nitrogen and oxygen atoms in total. The lowest BCUT2D eigenvalue weighted by Gasteiger charge is -2.16. The van der Waals surface area contributed by atoms with Crippen LogP contribution < -0.4 is 10.6 Å². The molecule has 0 saturated carbocycles. The molecule has 0 unspecified atom stereocenters. The second kappa shape index (κ2) is 7.80. The van der Waals surface area contributed by atoms with Crippen LogP contribution in [0.25, 0.3) is 0 Å². The molecule has 0 aliphatic carbocycles.